The van der Waals surface area contributed by atoms with Crippen LogP contribution in [0, 0.1) is 22.7 Å². The molecule has 2 fully saturated rings. The normalized spacial score (nSPS) is 19.5. The number of rotatable bonds is 12. The number of carbonyl (C=O) groups is 4. The van der Waals surface area contributed by atoms with Gasteiger partial charge in [0, 0.05) is 38.6 Å². The average Bonchev–Trinajstić information content (AvgIpc) is 3.69. The molecule has 2 saturated heterocycles. The van der Waals surface area contributed by atoms with Gasteiger partial charge in [0.25, 0.3) is 11.8 Å². The number of halogens is 6. The largest absolute Gasteiger partial charge is 0.573 e. The fourth-order valence-corrected chi connectivity index (χ4v) is 5.99. The molecule has 16 nitrogen and oxygen atoms in total. The van der Waals surface area contributed by atoms with Gasteiger partial charge in [-0.1, -0.05) is 13.8 Å². The Morgan fingerprint density at radius 3 is 1.22 bits per heavy atom. The molecular formula is C42H60F6N6O10. The molecule has 4 atom stereocenters. The third-order valence-electron chi connectivity index (χ3n) is 9.45. The molecule has 0 saturated carbocycles. The average molecular weight is 923 g/mol. The minimum atomic E-state index is -4.90. The lowest BCUT2D eigenvalue weighted by atomic mass is 9.92. The monoisotopic (exact) mass is 922 g/mol. The van der Waals surface area contributed by atoms with Crippen LogP contribution in [0.5, 0.6) is 23.3 Å². The molecule has 0 spiro atoms. The number of nitrogens with zero attached hydrogens (tertiary/aromatic N) is 4. The molecule has 2 N–H and O–H groups in total. The van der Waals surface area contributed by atoms with Crippen molar-refractivity contribution in [3.8, 4) is 23.3 Å². The molecule has 360 valence electrons. The van der Waals surface area contributed by atoms with Crippen LogP contribution in [0.4, 0.5) is 35.9 Å². The third kappa shape index (κ3) is 17.3. The van der Waals surface area contributed by atoms with E-state index in [4.69, 9.17) is 18.9 Å². The number of pyridine rings is 2. The first kappa shape index (κ1) is 52.9. The summed E-state index contributed by atoms with van der Waals surface area (Å²) in [5.41, 5.74) is -3.43. The minimum Gasteiger partial charge on any atom is -0.474 e. The standard InChI is InChI=1S/2C21H30F3N3O5/c2*1-13-10-27(18(29)32-19(2,3)4)11-14(13)26-17(28)20(5,6)12-30-16-15(8-7-9-25-16)31-21(22,23)24/h2*7-9,13-14H,10-12H2,1-6H3,(H,26,28)/t2*13-,14-/m10/s1. The maximum atomic E-state index is 12.8. The number of ether oxygens (including phenoxy) is 6. The number of alkyl halides is 6. The number of hydrogen-bond donors (Lipinski definition) is 2. The van der Waals surface area contributed by atoms with E-state index < -0.39 is 58.4 Å². The van der Waals surface area contributed by atoms with Crippen LogP contribution in [-0.2, 0) is 19.1 Å². The summed E-state index contributed by atoms with van der Waals surface area (Å²) in [7, 11) is 0. The molecule has 22 heteroatoms. The van der Waals surface area contributed by atoms with Gasteiger partial charge in [-0.3, -0.25) is 9.59 Å². The number of carbonyl (C=O) groups excluding carboxylic acids is 4. The van der Waals surface area contributed by atoms with Crippen molar-refractivity contribution in [1.29, 1.82) is 0 Å². The molecule has 4 rings (SSSR count). The molecule has 4 amide bonds. The predicted octanol–water partition coefficient (Wildman–Crippen LogP) is 7.51. The zero-order valence-electron chi connectivity index (χ0n) is 38.2. The van der Waals surface area contributed by atoms with Crippen LogP contribution in [0.1, 0.15) is 83.1 Å². The quantitative estimate of drug-likeness (QED) is 0.201. The van der Waals surface area contributed by atoms with E-state index in [2.05, 4.69) is 30.1 Å². The van der Waals surface area contributed by atoms with Gasteiger partial charge in [-0.2, -0.15) is 0 Å². The van der Waals surface area contributed by atoms with Gasteiger partial charge in [-0.05, 0) is 105 Å². The van der Waals surface area contributed by atoms with Gasteiger partial charge < -0.3 is 48.9 Å². The Kier molecular flexibility index (Phi) is 17.0. The van der Waals surface area contributed by atoms with E-state index in [1.165, 1.54) is 24.5 Å². The molecule has 2 aromatic rings. The highest BCUT2D eigenvalue weighted by atomic mass is 19.4. The van der Waals surface area contributed by atoms with E-state index in [1.54, 1.807) is 79.0 Å². The van der Waals surface area contributed by atoms with E-state index in [0.29, 0.717) is 26.2 Å². The van der Waals surface area contributed by atoms with Crippen molar-refractivity contribution in [3.05, 3.63) is 36.7 Å². The summed E-state index contributed by atoms with van der Waals surface area (Å²) >= 11 is 0. The summed E-state index contributed by atoms with van der Waals surface area (Å²) in [6.07, 6.45) is -8.17. The molecule has 4 heterocycles. The van der Waals surface area contributed by atoms with E-state index in [9.17, 15) is 45.5 Å². The second-order valence-corrected chi connectivity index (χ2v) is 18.9. The number of aromatic nitrogens is 2. The van der Waals surface area contributed by atoms with Crippen molar-refractivity contribution in [1.82, 2.24) is 30.4 Å². The van der Waals surface area contributed by atoms with Gasteiger partial charge in [0.1, 0.15) is 24.4 Å². The predicted molar refractivity (Wildman–Crippen MR) is 218 cm³/mol. The van der Waals surface area contributed by atoms with Gasteiger partial charge in [0.2, 0.25) is 11.8 Å². The number of amides is 4. The molecule has 2 aliphatic heterocycles. The summed E-state index contributed by atoms with van der Waals surface area (Å²) in [5.74, 6) is -2.66. The molecule has 2 aromatic heterocycles. The second-order valence-electron chi connectivity index (χ2n) is 18.9. The van der Waals surface area contributed by atoms with Crippen molar-refractivity contribution in [2.45, 2.75) is 119 Å². The van der Waals surface area contributed by atoms with E-state index in [-0.39, 0.29) is 60.7 Å². The maximum Gasteiger partial charge on any atom is 0.573 e. The summed E-state index contributed by atoms with van der Waals surface area (Å²) in [4.78, 5) is 60.9. The van der Waals surface area contributed by atoms with Gasteiger partial charge in [0.15, 0.2) is 11.5 Å². The van der Waals surface area contributed by atoms with Crippen LogP contribution in [-0.4, -0.2) is 119 Å². The first-order valence-electron chi connectivity index (χ1n) is 20.4. The first-order valence-corrected chi connectivity index (χ1v) is 20.4. The highest BCUT2D eigenvalue weighted by molar-refractivity contribution is 5.83. The minimum absolute atomic E-state index is 0.00855. The summed E-state index contributed by atoms with van der Waals surface area (Å²) in [6, 6.07) is 4.12. The summed E-state index contributed by atoms with van der Waals surface area (Å²) in [5, 5.41) is 5.81. The van der Waals surface area contributed by atoms with Gasteiger partial charge in [-0.15, -0.1) is 26.3 Å². The summed E-state index contributed by atoms with van der Waals surface area (Å²) in [6.45, 7) is 21.9. The summed E-state index contributed by atoms with van der Waals surface area (Å²) < 4.78 is 105. The molecule has 2 aliphatic rings. The molecule has 0 aliphatic carbocycles. The Labute approximate surface area is 369 Å². The molecule has 64 heavy (non-hydrogen) atoms. The number of hydrogen-bond acceptors (Lipinski definition) is 12. The smallest absolute Gasteiger partial charge is 0.474 e. The lowest BCUT2D eigenvalue weighted by Crippen LogP contribution is -2.48. The Morgan fingerprint density at radius 1 is 0.594 bits per heavy atom. The van der Waals surface area contributed by atoms with Crippen LogP contribution in [0.3, 0.4) is 0 Å². The lowest BCUT2D eigenvalue weighted by Gasteiger charge is -2.27. The van der Waals surface area contributed by atoms with Crippen molar-refractivity contribution in [2.24, 2.45) is 22.7 Å². The topological polar surface area (TPSA) is 180 Å². The molecule has 0 radical (unpaired) electrons. The number of nitrogens with one attached hydrogen (secondary N) is 2. The van der Waals surface area contributed by atoms with Crippen molar-refractivity contribution < 1.29 is 73.9 Å². The van der Waals surface area contributed by atoms with E-state index in [0.717, 1.165) is 12.1 Å². The molecule has 0 unspecified atom stereocenters. The number of likely N-dealkylation sites (tertiary alicyclic amines) is 2. The SMILES string of the molecule is C[C@@H]1CN(C(=O)OC(C)(C)C)C[C@H]1NC(=O)C(C)(C)COc1ncccc1OC(F)(F)F.C[C@H]1CN(C(=O)OC(C)(C)C)C[C@@H]1NC(=O)C(C)(C)COc1ncccc1OC(F)(F)F. The van der Waals surface area contributed by atoms with Crippen molar-refractivity contribution in [3.63, 3.8) is 0 Å². The van der Waals surface area contributed by atoms with Crippen molar-refractivity contribution >= 4 is 24.0 Å². The third-order valence-corrected chi connectivity index (χ3v) is 9.45. The maximum absolute atomic E-state index is 12.8. The van der Waals surface area contributed by atoms with Crippen LogP contribution in [0.15, 0.2) is 36.7 Å². The van der Waals surface area contributed by atoms with Crippen LogP contribution < -0.4 is 29.6 Å². The highest BCUT2D eigenvalue weighted by Gasteiger charge is 2.41. The van der Waals surface area contributed by atoms with Crippen LogP contribution in [0.2, 0.25) is 0 Å². The Morgan fingerprint density at radius 2 is 0.922 bits per heavy atom. The Balaban J connectivity index is 0.000000340. The first-order chi connectivity index (χ1) is 29.1. The zero-order valence-corrected chi connectivity index (χ0v) is 38.2. The van der Waals surface area contributed by atoms with Crippen molar-refractivity contribution in [2.75, 3.05) is 39.4 Å². The van der Waals surface area contributed by atoms with Gasteiger partial charge in [-0.25, -0.2) is 19.6 Å². The second kappa shape index (κ2) is 20.6. The molecule has 0 bridgehead atoms. The Hall–Kier alpha value is -5.44. The Bertz CT molecular complexity index is 1780. The lowest BCUT2D eigenvalue weighted by molar-refractivity contribution is -0.276. The van der Waals surface area contributed by atoms with Gasteiger partial charge >= 0.3 is 24.9 Å². The highest BCUT2D eigenvalue weighted by Crippen LogP contribution is 2.33. The molecule has 0 aromatic carbocycles. The van der Waals surface area contributed by atoms with Crippen LogP contribution in [0.25, 0.3) is 0 Å². The molecular weight excluding hydrogens is 862 g/mol. The fraction of sp³-hybridized carbons (Fsp3) is 0.667. The fourth-order valence-electron chi connectivity index (χ4n) is 5.99. The zero-order chi connectivity index (χ0) is 48.6. The van der Waals surface area contributed by atoms with E-state index >= 15 is 0 Å². The van der Waals surface area contributed by atoms with E-state index in [1.807, 2.05) is 13.8 Å². The van der Waals surface area contributed by atoms with Gasteiger partial charge in [0.05, 0.1) is 22.9 Å². The van der Waals surface area contributed by atoms with Crippen LogP contribution >= 0.6 is 0 Å².